The van der Waals surface area contributed by atoms with E-state index < -0.39 is 11.7 Å². The number of anilines is 1. The minimum atomic E-state index is -0.779. The van der Waals surface area contributed by atoms with Gasteiger partial charge < -0.3 is 10.4 Å². The summed E-state index contributed by atoms with van der Waals surface area (Å²) in [4.78, 5) is 11.7. The molecule has 2 aromatic rings. The standard InChI is InChI=1S/C11H10FN3O2/c1-15-5-4-10(14-15)13-11(17)8-3-2-7(16)6-9(8)12/h2-6,16H,1H3,(H,13,14,17). The molecule has 2 rings (SSSR count). The molecule has 0 bridgehead atoms. The normalized spacial score (nSPS) is 10.2. The van der Waals surface area contributed by atoms with Crippen LogP contribution in [-0.2, 0) is 7.05 Å². The van der Waals surface area contributed by atoms with Gasteiger partial charge in [0.25, 0.3) is 5.91 Å². The topological polar surface area (TPSA) is 67.2 Å². The van der Waals surface area contributed by atoms with Gasteiger partial charge in [-0.1, -0.05) is 0 Å². The van der Waals surface area contributed by atoms with Crippen molar-refractivity contribution in [2.75, 3.05) is 5.32 Å². The van der Waals surface area contributed by atoms with E-state index in [1.54, 1.807) is 19.3 Å². The number of aromatic hydroxyl groups is 1. The molecule has 0 saturated carbocycles. The number of benzene rings is 1. The molecule has 0 aliphatic carbocycles. The van der Waals surface area contributed by atoms with Gasteiger partial charge in [-0.2, -0.15) is 5.10 Å². The fraction of sp³-hybridized carbons (Fsp3) is 0.0909. The predicted octanol–water partition coefficient (Wildman–Crippen LogP) is 1.52. The molecule has 1 aromatic carbocycles. The van der Waals surface area contributed by atoms with Gasteiger partial charge in [0.1, 0.15) is 11.6 Å². The Kier molecular flexibility index (Phi) is 2.78. The smallest absolute Gasteiger partial charge is 0.259 e. The SMILES string of the molecule is Cn1ccc(NC(=O)c2ccc(O)cc2F)n1. The van der Waals surface area contributed by atoms with Gasteiger partial charge in [-0.15, -0.1) is 0 Å². The van der Waals surface area contributed by atoms with E-state index in [4.69, 9.17) is 5.11 Å². The van der Waals surface area contributed by atoms with Crippen molar-refractivity contribution in [3.63, 3.8) is 0 Å². The first kappa shape index (κ1) is 11.1. The van der Waals surface area contributed by atoms with Crippen molar-refractivity contribution in [3.05, 3.63) is 41.8 Å². The number of amides is 1. The zero-order valence-corrected chi connectivity index (χ0v) is 9.01. The van der Waals surface area contributed by atoms with Crippen LogP contribution in [-0.4, -0.2) is 20.8 Å². The van der Waals surface area contributed by atoms with Gasteiger partial charge in [0.05, 0.1) is 5.56 Å². The summed E-state index contributed by atoms with van der Waals surface area (Å²) in [6, 6.07) is 4.93. The molecule has 17 heavy (non-hydrogen) atoms. The second-order valence-electron chi connectivity index (χ2n) is 3.49. The van der Waals surface area contributed by atoms with Crippen molar-refractivity contribution in [1.29, 1.82) is 0 Å². The maximum absolute atomic E-state index is 13.4. The Morgan fingerprint density at radius 1 is 1.47 bits per heavy atom. The Morgan fingerprint density at radius 2 is 2.24 bits per heavy atom. The van der Waals surface area contributed by atoms with Gasteiger partial charge in [0.2, 0.25) is 0 Å². The number of hydrogen-bond donors (Lipinski definition) is 2. The number of phenolic OH excluding ortho intramolecular Hbond substituents is 1. The third kappa shape index (κ3) is 2.41. The molecule has 0 fully saturated rings. The monoisotopic (exact) mass is 235 g/mol. The molecule has 1 amide bonds. The van der Waals surface area contributed by atoms with Gasteiger partial charge in [-0.25, -0.2) is 4.39 Å². The van der Waals surface area contributed by atoms with E-state index in [1.165, 1.54) is 16.8 Å². The lowest BCUT2D eigenvalue weighted by Gasteiger charge is -2.03. The molecule has 0 aliphatic rings. The van der Waals surface area contributed by atoms with Crippen LogP contribution in [0.5, 0.6) is 5.75 Å². The van der Waals surface area contributed by atoms with Crippen LogP contribution >= 0.6 is 0 Å². The highest BCUT2D eigenvalue weighted by Crippen LogP contribution is 2.16. The second-order valence-corrected chi connectivity index (χ2v) is 3.49. The number of rotatable bonds is 2. The van der Waals surface area contributed by atoms with E-state index >= 15 is 0 Å². The number of nitrogens with one attached hydrogen (secondary N) is 1. The maximum Gasteiger partial charge on any atom is 0.259 e. The van der Waals surface area contributed by atoms with Crippen LogP contribution in [0.15, 0.2) is 30.5 Å². The molecule has 88 valence electrons. The fourth-order valence-corrected chi connectivity index (χ4v) is 1.35. The Hall–Kier alpha value is -2.37. The molecule has 2 N–H and O–H groups in total. The highest BCUT2D eigenvalue weighted by atomic mass is 19.1. The van der Waals surface area contributed by atoms with Crippen molar-refractivity contribution in [2.24, 2.45) is 7.05 Å². The van der Waals surface area contributed by atoms with Gasteiger partial charge in [-0.3, -0.25) is 9.48 Å². The third-order valence-electron chi connectivity index (χ3n) is 2.15. The van der Waals surface area contributed by atoms with E-state index in [1.807, 2.05) is 0 Å². The quantitative estimate of drug-likeness (QED) is 0.829. The van der Waals surface area contributed by atoms with E-state index in [2.05, 4.69) is 10.4 Å². The first-order valence-corrected chi connectivity index (χ1v) is 4.86. The van der Waals surface area contributed by atoms with Gasteiger partial charge >= 0.3 is 0 Å². The minimum Gasteiger partial charge on any atom is -0.508 e. The van der Waals surface area contributed by atoms with E-state index in [9.17, 15) is 9.18 Å². The van der Waals surface area contributed by atoms with Crippen LogP contribution in [0.4, 0.5) is 10.2 Å². The lowest BCUT2D eigenvalue weighted by Crippen LogP contribution is -2.14. The summed E-state index contributed by atoms with van der Waals surface area (Å²) in [6.07, 6.45) is 1.66. The molecule has 6 heteroatoms. The molecule has 0 aliphatic heterocycles. The molecule has 0 atom stereocenters. The molecule has 0 saturated heterocycles. The fourth-order valence-electron chi connectivity index (χ4n) is 1.35. The minimum absolute atomic E-state index is 0.145. The van der Waals surface area contributed by atoms with Gasteiger partial charge in [0, 0.05) is 25.4 Å². The van der Waals surface area contributed by atoms with Crippen molar-refractivity contribution in [3.8, 4) is 5.75 Å². The third-order valence-corrected chi connectivity index (χ3v) is 2.15. The Morgan fingerprint density at radius 3 is 2.82 bits per heavy atom. The average molecular weight is 235 g/mol. The number of carbonyl (C=O) groups excluding carboxylic acids is 1. The summed E-state index contributed by atoms with van der Waals surface area (Å²) in [5, 5.41) is 15.4. The van der Waals surface area contributed by atoms with Crippen LogP contribution in [0, 0.1) is 5.82 Å². The summed E-state index contributed by atoms with van der Waals surface area (Å²) < 4.78 is 14.9. The van der Waals surface area contributed by atoms with Crippen molar-refractivity contribution >= 4 is 11.7 Å². The molecule has 0 radical (unpaired) electrons. The first-order valence-electron chi connectivity index (χ1n) is 4.86. The van der Waals surface area contributed by atoms with Crippen molar-refractivity contribution < 1.29 is 14.3 Å². The van der Waals surface area contributed by atoms with E-state index in [-0.39, 0.29) is 11.3 Å². The number of aryl methyl sites for hydroxylation is 1. The van der Waals surface area contributed by atoms with Crippen LogP contribution < -0.4 is 5.32 Å². The number of nitrogens with zero attached hydrogens (tertiary/aromatic N) is 2. The molecular weight excluding hydrogens is 225 g/mol. The lowest BCUT2D eigenvalue weighted by atomic mass is 10.2. The summed E-state index contributed by atoms with van der Waals surface area (Å²) >= 11 is 0. The van der Waals surface area contributed by atoms with Crippen LogP contribution in [0.25, 0.3) is 0 Å². The molecular formula is C11H10FN3O2. The highest BCUT2D eigenvalue weighted by molar-refractivity contribution is 6.03. The van der Waals surface area contributed by atoms with Gasteiger partial charge in [0.15, 0.2) is 5.82 Å². The average Bonchev–Trinajstić information content (AvgIpc) is 2.63. The lowest BCUT2D eigenvalue weighted by molar-refractivity contribution is 0.102. The zero-order chi connectivity index (χ0) is 12.4. The largest absolute Gasteiger partial charge is 0.508 e. The van der Waals surface area contributed by atoms with E-state index in [0.717, 1.165) is 6.07 Å². The van der Waals surface area contributed by atoms with Gasteiger partial charge in [-0.05, 0) is 12.1 Å². The van der Waals surface area contributed by atoms with Crippen LogP contribution in [0.3, 0.4) is 0 Å². The Bertz CT molecular complexity index is 566. The summed E-state index contributed by atoms with van der Waals surface area (Å²) in [7, 11) is 1.71. The first-order chi connectivity index (χ1) is 8.06. The summed E-state index contributed by atoms with van der Waals surface area (Å²) in [5.41, 5.74) is -0.145. The van der Waals surface area contributed by atoms with Crippen molar-refractivity contribution in [2.45, 2.75) is 0 Å². The maximum atomic E-state index is 13.4. The molecule has 0 spiro atoms. The van der Waals surface area contributed by atoms with Crippen LogP contribution in [0.2, 0.25) is 0 Å². The highest BCUT2D eigenvalue weighted by Gasteiger charge is 2.13. The number of hydrogen-bond acceptors (Lipinski definition) is 3. The Labute approximate surface area is 96.5 Å². The van der Waals surface area contributed by atoms with E-state index in [0.29, 0.717) is 5.82 Å². The molecule has 1 heterocycles. The Balaban J connectivity index is 2.20. The predicted molar refractivity (Wildman–Crippen MR) is 59.2 cm³/mol. The van der Waals surface area contributed by atoms with Crippen molar-refractivity contribution in [1.82, 2.24) is 9.78 Å². The number of carbonyl (C=O) groups is 1. The summed E-state index contributed by atoms with van der Waals surface area (Å²) in [6.45, 7) is 0. The van der Waals surface area contributed by atoms with Crippen LogP contribution in [0.1, 0.15) is 10.4 Å². The number of phenols is 1. The summed E-state index contributed by atoms with van der Waals surface area (Å²) in [5.74, 6) is -1.28. The molecule has 0 unspecified atom stereocenters. The second kappa shape index (κ2) is 4.25. The number of aromatic nitrogens is 2. The zero-order valence-electron chi connectivity index (χ0n) is 9.01. The number of halogens is 1. The molecule has 5 nitrogen and oxygen atoms in total. The molecule has 1 aromatic heterocycles.